The Labute approximate surface area is 148 Å². The zero-order valence-corrected chi connectivity index (χ0v) is 14.1. The van der Waals surface area contributed by atoms with Gasteiger partial charge in [-0.1, -0.05) is 11.6 Å². The van der Waals surface area contributed by atoms with Crippen LogP contribution in [0.3, 0.4) is 0 Å². The van der Waals surface area contributed by atoms with Gasteiger partial charge in [0.2, 0.25) is 5.91 Å². The van der Waals surface area contributed by atoms with Crippen LogP contribution in [0.5, 0.6) is 0 Å². The van der Waals surface area contributed by atoms with Gasteiger partial charge in [0.25, 0.3) is 0 Å². The van der Waals surface area contributed by atoms with Gasteiger partial charge < -0.3 is 5.32 Å². The van der Waals surface area contributed by atoms with Crippen molar-refractivity contribution >= 4 is 29.3 Å². The number of benzene rings is 1. The van der Waals surface area contributed by atoms with Crippen molar-refractivity contribution in [2.45, 2.75) is 11.4 Å². The van der Waals surface area contributed by atoms with Gasteiger partial charge in [-0.05, 0) is 36.4 Å². The summed E-state index contributed by atoms with van der Waals surface area (Å²) in [5.41, 5.74) is 0.872. The molecule has 0 aliphatic rings. The number of hydrogen-bond acceptors (Lipinski definition) is 5. The SMILES string of the molecule is O=C(CSc1ccc(Cl)cc1)NCc1nc(-c2ccncc2)n[nH]1. The molecule has 3 aromatic rings. The molecule has 122 valence electrons. The summed E-state index contributed by atoms with van der Waals surface area (Å²) in [5, 5.41) is 10.4. The van der Waals surface area contributed by atoms with Gasteiger partial charge in [0.1, 0.15) is 5.82 Å². The first-order valence-corrected chi connectivity index (χ1v) is 8.54. The van der Waals surface area contributed by atoms with Gasteiger partial charge in [-0.15, -0.1) is 11.8 Å². The predicted molar refractivity (Wildman–Crippen MR) is 93.6 cm³/mol. The lowest BCUT2D eigenvalue weighted by atomic mass is 10.2. The van der Waals surface area contributed by atoms with Crippen LogP contribution in [-0.2, 0) is 11.3 Å². The van der Waals surface area contributed by atoms with Crippen molar-refractivity contribution in [2.24, 2.45) is 0 Å². The summed E-state index contributed by atoms with van der Waals surface area (Å²) in [6, 6.07) is 11.0. The molecule has 2 N–H and O–H groups in total. The molecule has 3 rings (SSSR count). The van der Waals surface area contributed by atoms with Crippen LogP contribution < -0.4 is 5.32 Å². The molecule has 0 saturated carbocycles. The molecule has 0 bridgehead atoms. The zero-order valence-electron chi connectivity index (χ0n) is 12.6. The third-order valence-electron chi connectivity index (χ3n) is 3.11. The Balaban J connectivity index is 1.48. The van der Waals surface area contributed by atoms with Crippen LogP contribution in [0.1, 0.15) is 5.82 Å². The van der Waals surface area contributed by atoms with Crippen LogP contribution in [0, 0.1) is 0 Å². The van der Waals surface area contributed by atoms with Gasteiger partial charge in [-0.2, -0.15) is 5.10 Å². The number of pyridine rings is 1. The molecule has 2 heterocycles. The maximum absolute atomic E-state index is 11.9. The number of rotatable bonds is 6. The second kappa shape index (κ2) is 7.94. The minimum atomic E-state index is -0.0724. The van der Waals surface area contributed by atoms with E-state index in [0.717, 1.165) is 10.5 Å². The highest BCUT2D eigenvalue weighted by molar-refractivity contribution is 8.00. The highest BCUT2D eigenvalue weighted by Gasteiger charge is 2.08. The fourth-order valence-corrected chi connectivity index (χ4v) is 2.77. The molecule has 24 heavy (non-hydrogen) atoms. The van der Waals surface area contributed by atoms with Crippen molar-refractivity contribution in [1.82, 2.24) is 25.5 Å². The number of thioether (sulfide) groups is 1. The minimum Gasteiger partial charge on any atom is -0.348 e. The van der Waals surface area contributed by atoms with Crippen molar-refractivity contribution in [3.8, 4) is 11.4 Å². The fraction of sp³-hybridized carbons (Fsp3) is 0.125. The highest BCUT2D eigenvalue weighted by Crippen LogP contribution is 2.20. The molecule has 0 saturated heterocycles. The van der Waals surface area contributed by atoms with E-state index < -0.39 is 0 Å². The van der Waals surface area contributed by atoms with E-state index in [-0.39, 0.29) is 5.91 Å². The normalized spacial score (nSPS) is 10.5. The number of carbonyl (C=O) groups excluding carboxylic acids is 1. The van der Waals surface area contributed by atoms with Crippen LogP contribution in [-0.4, -0.2) is 31.8 Å². The van der Waals surface area contributed by atoms with E-state index in [1.165, 1.54) is 11.8 Å². The monoisotopic (exact) mass is 359 g/mol. The minimum absolute atomic E-state index is 0.0724. The lowest BCUT2D eigenvalue weighted by Crippen LogP contribution is -2.25. The number of nitrogens with one attached hydrogen (secondary N) is 2. The van der Waals surface area contributed by atoms with Crippen molar-refractivity contribution in [3.05, 3.63) is 59.6 Å². The van der Waals surface area contributed by atoms with Crippen LogP contribution in [0.4, 0.5) is 0 Å². The first-order chi connectivity index (χ1) is 11.7. The molecule has 0 unspecified atom stereocenters. The molecule has 0 aliphatic heterocycles. The maximum atomic E-state index is 11.9. The summed E-state index contributed by atoms with van der Waals surface area (Å²) in [7, 11) is 0. The molecular weight excluding hydrogens is 346 g/mol. The van der Waals surface area contributed by atoms with E-state index in [0.29, 0.717) is 29.0 Å². The van der Waals surface area contributed by atoms with Gasteiger partial charge >= 0.3 is 0 Å². The van der Waals surface area contributed by atoms with Crippen molar-refractivity contribution in [3.63, 3.8) is 0 Å². The number of nitrogens with zero attached hydrogens (tertiary/aromatic N) is 3. The molecule has 0 aliphatic carbocycles. The molecule has 8 heteroatoms. The van der Waals surface area contributed by atoms with Crippen LogP contribution in [0.2, 0.25) is 5.02 Å². The van der Waals surface area contributed by atoms with E-state index in [4.69, 9.17) is 11.6 Å². The summed E-state index contributed by atoms with van der Waals surface area (Å²) in [6.45, 7) is 0.304. The lowest BCUT2D eigenvalue weighted by Gasteiger charge is -2.03. The number of halogens is 1. The van der Waals surface area contributed by atoms with Crippen molar-refractivity contribution in [2.75, 3.05) is 5.75 Å². The maximum Gasteiger partial charge on any atom is 0.230 e. The summed E-state index contributed by atoms with van der Waals surface area (Å²) in [4.78, 5) is 21.2. The molecule has 0 atom stereocenters. The zero-order chi connectivity index (χ0) is 16.8. The third kappa shape index (κ3) is 4.56. The second-order valence-corrected chi connectivity index (χ2v) is 6.35. The first kappa shape index (κ1) is 16.5. The molecule has 6 nitrogen and oxygen atoms in total. The van der Waals surface area contributed by atoms with Gasteiger partial charge in [0.15, 0.2) is 5.82 Å². The molecule has 0 spiro atoms. The molecular formula is C16H14ClN5OS. The summed E-state index contributed by atoms with van der Waals surface area (Å²) >= 11 is 7.28. The molecule has 2 aromatic heterocycles. The standard InChI is InChI=1S/C16H14ClN5OS/c17-12-1-3-13(4-2-12)24-10-15(23)19-9-14-20-16(22-21-14)11-5-7-18-8-6-11/h1-8H,9-10H2,(H,19,23)(H,20,21,22). The van der Waals surface area contributed by atoms with E-state index in [1.807, 2.05) is 24.3 Å². The Hall–Kier alpha value is -2.38. The average Bonchev–Trinajstić information content (AvgIpc) is 3.09. The summed E-state index contributed by atoms with van der Waals surface area (Å²) < 4.78 is 0. The molecule has 1 aromatic carbocycles. The third-order valence-corrected chi connectivity index (χ3v) is 4.37. The number of aromatic amines is 1. The van der Waals surface area contributed by atoms with Gasteiger partial charge in [0, 0.05) is 27.9 Å². The first-order valence-electron chi connectivity index (χ1n) is 7.17. The van der Waals surface area contributed by atoms with Crippen LogP contribution in [0.15, 0.2) is 53.7 Å². The molecule has 0 radical (unpaired) electrons. The second-order valence-electron chi connectivity index (χ2n) is 4.86. The Bertz CT molecular complexity index is 807. The molecule has 1 amide bonds. The Morgan fingerprint density at radius 3 is 2.67 bits per heavy atom. The van der Waals surface area contributed by atoms with Crippen molar-refractivity contribution in [1.29, 1.82) is 0 Å². The summed E-state index contributed by atoms with van der Waals surface area (Å²) in [5.74, 6) is 1.44. The topological polar surface area (TPSA) is 83.6 Å². The number of H-pyrrole nitrogens is 1. The number of carbonyl (C=O) groups is 1. The summed E-state index contributed by atoms with van der Waals surface area (Å²) in [6.07, 6.45) is 3.36. The quantitative estimate of drug-likeness (QED) is 0.661. The Morgan fingerprint density at radius 1 is 1.17 bits per heavy atom. The lowest BCUT2D eigenvalue weighted by molar-refractivity contribution is -0.118. The smallest absolute Gasteiger partial charge is 0.230 e. The number of amides is 1. The van der Waals surface area contributed by atoms with E-state index in [2.05, 4.69) is 25.5 Å². The van der Waals surface area contributed by atoms with Gasteiger partial charge in [-0.3, -0.25) is 14.9 Å². The van der Waals surface area contributed by atoms with Crippen LogP contribution >= 0.6 is 23.4 Å². The van der Waals surface area contributed by atoms with E-state index >= 15 is 0 Å². The van der Waals surface area contributed by atoms with Gasteiger partial charge in [-0.25, -0.2) is 4.98 Å². The molecule has 0 fully saturated rings. The Morgan fingerprint density at radius 2 is 1.92 bits per heavy atom. The van der Waals surface area contributed by atoms with Crippen molar-refractivity contribution < 1.29 is 4.79 Å². The van der Waals surface area contributed by atoms with Crippen LogP contribution in [0.25, 0.3) is 11.4 Å². The largest absolute Gasteiger partial charge is 0.348 e. The number of hydrogen-bond donors (Lipinski definition) is 2. The Kier molecular flexibility index (Phi) is 5.45. The average molecular weight is 360 g/mol. The van der Waals surface area contributed by atoms with E-state index in [9.17, 15) is 4.79 Å². The highest BCUT2D eigenvalue weighted by atomic mass is 35.5. The van der Waals surface area contributed by atoms with Gasteiger partial charge in [0.05, 0.1) is 12.3 Å². The fourth-order valence-electron chi connectivity index (χ4n) is 1.92. The number of aromatic nitrogens is 4. The predicted octanol–water partition coefficient (Wildman–Crippen LogP) is 2.93. The van der Waals surface area contributed by atoms with E-state index in [1.54, 1.807) is 24.5 Å².